The summed E-state index contributed by atoms with van der Waals surface area (Å²) in [5.74, 6) is 0. The van der Waals surface area contributed by atoms with Gasteiger partial charge in [0.25, 0.3) is 5.69 Å². The van der Waals surface area contributed by atoms with Crippen LogP contribution in [0.1, 0.15) is 18.4 Å². The fourth-order valence-electron chi connectivity index (χ4n) is 1.25. The number of rotatable bonds is 5. The highest BCUT2D eigenvalue weighted by Crippen LogP contribution is 2.13. The van der Waals surface area contributed by atoms with Crippen LogP contribution in [0.5, 0.6) is 0 Å². The van der Waals surface area contributed by atoms with Crippen LogP contribution in [0.25, 0.3) is 0 Å². The fraction of sp³-hybridized carbons (Fsp3) is 0.300. The number of hydrogen-bond donors (Lipinski definition) is 1. The molecule has 0 spiro atoms. The van der Waals surface area contributed by atoms with Gasteiger partial charge in [-0.3, -0.25) is 10.1 Å². The molecular weight excluding hydrogens is 212 g/mol. The summed E-state index contributed by atoms with van der Waals surface area (Å²) in [6.45, 7) is 0. The molecule has 0 radical (unpaired) electrons. The Bertz CT molecular complexity index is 362. The zero-order chi connectivity index (χ0) is 11.3. The predicted octanol–water partition coefficient (Wildman–Crippen LogP) is 2.20. The zero-order valence-corrected chi connectivity index (χ0v) is 9.00. The highest BCUT2D eigenvalue weighted by Gasteiger charge is 2.03. The highest BCUT2D eigenvalue weighted by molar-refractivity contribution is 7.80. The second-order valence-electron chi connectivity index (χ2n) is 3.24. The van der Waals surface area contributed by atoms with Gasteiger partial charge in [0.2, 0.25) is 0 Å². The lowest BCUT2D eigenvalue weighted by atomic mass is 10.1. The Morgan fingerprint density at radius 3 is 2.47 bits per heavy atom. The molecule has 0 saturated heterocycles. The molecule has 0 amide bonds. The molecule has 0 atom stereocenters. The number of nitro benzene ring substituents is 1. The monoisotopic (exact) mass is 224 g/mol. The van der Waals surface area contributed by atoms with Crippen LogP contribution in [-0.4, -0.2) is 9.91 Å². The van der Waals surface area contributed by atoms with Crippen LogP contribution in [0.15, 0.2) is 24.3 Å². The molecule has 0 bridgehead atoms. The Labute approximate surface area is 93.2 Å². The molecule has 0 fully saturated rings. The summed E-state index contributed by atoms with van der Waals surface area (Å²) in [5.41, 5.74) is 6.55. The quantitative estimate of drug-likeness (QED) is 0.473. The minimum absolute atomic E-state index is 0.119. The van der Waals surface area contributed by atoms with E-state index in [4.69, 9.17) is 18.0 Å². The molecule has 4 nitrogen and oxygen atoms in total. The lowest BCUT2D eigenvalue weighted by Gasteiger charge is -2.00. The van der Waals surface area contributed by atoms with Crippen LogP contribution >= 0.6 is 12.2 Å². The van der Waals surface area contributed by atoms with Gasteiger partial charge < -0.3 is 5.73 Å². The molecule has 15 heavy (non-hydrogen) atoms. The van der Waals surface area contributed by atoms with Crippen LogP contribution in [0.4, 0.5) is 5.69 Å². The van der Waals surface area contributed by atoms with Crippen molar-refractivity contribution in [1.82, 2.24) is 0 Å². The molecule has 2 N–H and O–H groups in total. The largest absolute Gasteiger partial charge is 0.393 e. The van der Waals surface area contributed by atoms with Gasteiger partial charge in [-0.2, -0.15) is 0 Å². The summed E-state index contributed by atoms with van der Waals surface area (Å²) in [6, 6.07) is 6.54. The lowest BCUT2D eigenvalue weighted by molar-refractivity contribution is -0.384. The number of hydrogen-bond acceptors (Lipinski definition) is 3. The third kappa shape index (κ3) is 4.03. The first kappa shape index (κ1) is 11.6. The Hall–Kier alpha value is -1.49. The van der Waals surface area contributed by atoms with Crippen LogP contribution in [-0.2, 0) is 6.42 Å². The van der Waals surface area contributed by atoms with Crippen molar-refractivity contribution in [2.75, 3.05) is 0 Å². The molecular formula is C10H12N2O2S. The summed E-state index contributed by atoms with van der Waals surface area (Å²) >= 11 is 4.75. The molecule has 0 heterocycles. The van der Waals surface area contributed by atoms with E-state index < -0.39 is 4.92 Å². The second kappa shape index (κ2) is 5.41. The normalized spacial score (nSPS) is 9.87. The van der Waals surface area contributed by atoms with Gasteiger partial charge in [0.15, 0.2) is 0 Å². The highest BCUT2D eigenvalue weighted by atomic mass is 32.1. The number of nitrogens with two attached hydrogens (primary N) is 1. The van der Waals surface area contributed by atoms with Gasteiger partial charge in [0.05, 0.1) is 9.91 Å². The Morgan fingerprint density at radius 1 is 1.40 bits per heavy atom. The first-order valence-corrected chi connectivity index (χ1v) is 5.02. The van der Waals surface area contributed by atoms with E-state index in [1.165, 1.54) is 12.1 Å². The van der Waals surface area contributed by atoms with Crippen molar-refractivity contribution in [2.45, 2.75) is 19.3 Å². The molecule has 0 saturated carbocycles. The van der Waals surface area contributed by atoms with Crippen molar-refractivity contribution >= 4 is 22.9 Å². The lowest BCUT2D eigenvalue weighted by Crippen LogP contribution is -2.07. The van der Waals surface area contributed by atoms with Crippen LogP contribution < -0.4 is 5.73 Å². The van der Waals surface area contributed by atoms with Gasteiger partial charge in [0.1, 0.15) is 0 Å². The molecule has 1 rings (SSSR count). The minimum Gasteiger partial charge on any atom is -0.393 e. The van der Waals surface area contributed by atoms with E-state index in [1.807, 2.05) is 0 Å². The van der Waals surface area contributed by atoms with Gasteiger partial charge in [-0.05, 0) is 24.8 Å². The first-order valence-electron chi connectivity index (χ1n) is 4.61. The summed E-state index contributed by atoms with van der Waals surface area (Å²) in [5, 5.41) is 10.4. The molecule has 5 heteroatoms. The van der Waals surface area contributed by atoms with Gasteiger partial charge >= 0.3 is 0 Å². The fourth-order valence-corrected chi connectivity index (χ4v) is 1.40. The number of benzene rings is 1. The van der Waals surface area contributed by atoms with Crippen LogP contribution in [0.3, 0.4) is 0 Å². The molecule has 1 aromatic rings. The van der Waals surface area contributed by atoms with Gasteiger partial charge in [0, 0.05) is 12.1 Å². The molecule has 1 aromatic carbocycles. The third-order valence-corrected chi connectivity index (χ3v) is 2.24. The van der Waals surface area contributed by atoms with Gasteiger partial charge in [-0.15, -0.1) is 0 Å². The number of aryl methyl sites for hydroxylation is 1. The molecule has 0 aromatic heterocycles. The Morgan fingerprint density at radius 2 is 2.00 bits per heavy atom. The van der Waals surface area contributed by atoms with E-state index in [9.17, 15) is 10.1 Å². The molecule has 0 unspecified atom stereocenters. The topological polar surface area (TPSA) is 69.2 Å². The van der Waals surface area contributed by atoms with Crippen molar-refractivity contribution in [2.24, 2.45) is 5.73 Å². The number of nitrogens with zero attached hydrogens (tertiary/aromatic N) is 1. The number of non-ortho nitro benzene ring substituents is 1. The minimum atomic E-state index is -0.404. The summed E-state index contributed by atoms with van der Waals surface area (Å²) in [6.07, 6.45) is 2.44. The molecule has 0 aliphatic heterocycles. The second-order valence-corrected chi connectivity index (χ2v) is 3.77. The summed E-state index contributed by atoms with van der Waals surface area (Å²) in [7, 11) is 0. The van der Waals surface area contributed by atoms with Gasteiger partial charge in [-0.1, -0.05) is 24.4 Å². The van der Waals surface area contributed by atoms with E-state index >= 15 is 0 Å². The Kier molecular flexibility index (Phi) is 4.17. The average molecular weight is 224 g/mol. The first-order chi connectivity index (χ1) is 7.09. The van der Waals surface area contributed by atoms with Crippen molar-refractivity contribution in [1.29, 1.82) is 0 Å². The SMILES string of the molecule is NC(=S)CCCc1ccc([N+](=O)[O-])cc1. The maximum absolute atomic E-state index is 10.4. The summed E-state index contributed by atoms with van der Waals surface area (Å²) in [4.78, 5) is 10.5. The van der Waals surface area contributed by atoms with E-state index in [2.05, 4.69) is 0 Å². The third-order valence-electron chi connectivity index (χ3n) is 2.04. The number of thiocarbonyl (C=S) groups is 1. The maximum atomic E-state index is 10.4. The Balaban J connectivity index is 2.50. The van der Waals surface area contributed by atoms with E-state index in [0.717, 1.165) is 18.4 Å². The van der Waals surface area contributed by atoms with E-state index in [-0.39, 0.29) is 5.69 Å². The van der Waals surface area contributed by atoms with Crippen molar-refractivity contribution in [3.8, 4) is 0 Å². The molecule has 0 aliphatic rings. The zero-order valence-electron chi connectivity index (χ0n) is 8.18. The predicted molar refractivity (Wildman–Crippen MR) is 62.8 cm³/mol. The standard InChI is InChI=1S/C10H12N2O2S/c11-10(15)3-1-2-8-4-6-9(7-5-8)12(13)14/h4-7H,1-3H2,(H2,11,15). The van der Waals surface area contributed by atoms with E-state index in [0.29, 0.717) is 11.4 Å². The maximum Gasteiger partial charge on any atom is 0.269 e. The van der Waals surface area contributed by atoms with Crippen molar-refractivity contribution in [3.63, 3.8) is 0 Å². The smallest absolute Gasteiger partial charge is 0.269 e. The van der Waals surface area contributed by atoms with Gasteiger partial charge in [-0.25, -0.2) is 0 Å². The van der Waals surface area contributed by atoms with Crippen molar-refractivity contribution < 1.29 is 4.92 Å². The summed E-state index contributed by atoms with van der Waals surface area (Å²) < 4.78 is 0. The van der Waals surface area contributed by atoms with Crippen LogP contribution in [0, 0.1) is 10.1 Å². The average Bonchev–Trinajstić information content (AvgIpc) is 2.18. The molecule has 0 aliphatic carbocycles. The van der Waals surface area contributed by atoms with E-state index in [1.54, 1.807) is 12.1 Å². The number of nitro groups is 1. The van der Waals surface area contributed by atoms with Crippen molar-refractivity contribution in [3.05, 3.63) is 39.9 Å². The van der Waals surface area contributed by atoms with Crippen LogP contribution in [0.2, 0.25) is 0 Å². The molecule has 80 valence electrons.